The quantitative estimate of drug-likeness (QED) is 0.436. The van der Waals surface area contributed by atoms with Crippen molar-refractivity contribution in [1.82, 2.24) is 16.2 Å². The van der Waals surface area contributed by atoms with Gasteiger partial charge in [-0.2, -0.15) is 0 Å². The van der Waals surface area contributed by atoms with Crippen LogP contribution in [-0.4, -0.2) is 30.6 Å². The van der Waals surface area contributed by atoms with Crippen molar-refractivity contribution >= 4 is 45.1 Å². The molecule has 2 aromatic rings. The fourth-order valence-electron chi connectivity index (χ4n) is 2.42. The molecule has 0 spiro atoms. The molecule has 0 aromatic heterocycles. The lowest BCUT2D eigenvalue weighted by molar-refractivity contribution is -0.123. The Morgan fingerprint density at radius 1 is 1.07 bits per heavy atom. The van der Waals surface area contributed by atoms with E-state index in [-0.39, 0.29) is 17.1 Å². The van der Waals surface area contributed by atoms with Crippen molar-refractivity contribution < 1.29 is 19.1 Å². The molecule has 0 atom stereocenters. The molecule has 3 N–H and O–H groups in total. The van der Waals surface area contributed by atoms with E-state index < -0.39 is 11.8 Å². The first-order valence-corrected chi connectivity index (χ1v) is 10.3. The third kappa shape index (κ3) is 6.70. The zero-order valence-electron chi connectivity index (χ0n) is 17.2. The molecule has 30 heavy (non-hydrogen) atoms. The van der Waals surface area contributed by atoms with Gasteiger partial charge in [-0.15, -0.1) is 0 Å². The van der Waals surface area contributed by atoms with Crippen LogP contribution in [0.1, 0.15) is 36.7 Å². The van der Waals surface area contributed by atoms with Crippen LogP contribution >= 0.6 is 28.1 Å². The third-order valence-corrected chi connectivity index (χ3v) is 4.87. The minimum atomic E-state index is -0.462. The molecule has 0 fully saturated rings. The minimum absolute atomic E-state index is 0.00619. The van der Waals surface area contributed by atoms with Crippen molar-refractivity contribution in [1.29, 1.82) is 0 Å². The molecule has 2 amide bonds. The number of thiocarbonyl (C=S) groups is 1. The van der Waals surface area contributed by atoms with Gasteiger partial charge in [0.1, 0.15) is 11.5 Å². The summed E-state index contributed by atoms with van der Waals surface area (Å²) >= 11 is 8.49. The van der Waals surface area contributed by atoms with Gasteiger partial charge in [0, 0.05) is 0 Å². The topological polar surface area (TPSA) is 88.7 Å². The lowest BCUT2D eigenvalue weighted by Gasteiger charge is -2.20. The Morgan fingerprint density at radius 3 is 2.40 bits per heavy atom. The highest BCUT2D eigenvalue weighted by atomic mass is 79.9. The Hall–Kier alpha value is -2.65. The molecule has 0 aliphatic heterocycles. The SMILES string of the molecule is COc1ccccc1C(=O)NC(=S)NNC(=O)COc1ccc(C(C)(C)C)cc1Br. The van der Waals surface area contributed by atoms with Crippen LogP contribution < -0.4 is 25.6 Å². The minimum Gasteiger partial charge on any atom is -0.496 e. The number of hydrazine groups is 1. The van der Waals surface area contributed by atoms with E-state index in [0.717, 1.165) is 10.0 Å². The molecule has 0 saturated carbocycles. The number of benzene rings is 2. The van der Waals surface area contributed by atoms with E-state index in [2.05, 4.69) is 52.9 Å². The van der Waals surface area contributed by atoms with Crippen molar-refractivity contribution in [2.45, 2.75) is 26.2 Å². The number of amides is 2. The first-order valence-electron chi connectivity index (χ1n) is 9.08. The van der Waals surface area contributed by atoms with Gasteiger partial charge in [-0.3, -0.25) is 25.8 Å². The fourth-order valence-corrected chi connectivity index (χ4v) is 3.06. The predicted molar refractivity (Wildman–Crippen MR) is 123 cm³/mol. The number of halogens is 1. The van der Waals surface area contributed by atoms with E-state index in [4.69, 9.17) is 21.7 Å². The summed E-state index contributed by atoms with van der Waals surface area (Å²) < 4.78 is 11.4. The summed E-state index contributed by atoms with van der Waals surface area (Å²) in [5.74, 6) is 0.0394. The lowest BCUT2D eigenvalue weighted by Crippen LogP contribution is -2.49. The van der Waals surface area contributed by atoms with Crippen LogP contribution in [0.4, 0.5) is 0 Å². The van der Waals surface area contributed by atoms with Crippen molar-refractivity contribution in [2.24, 2.45) is 0 Å². The molecule has 0 unspecified atom stereocenters. The van der Waals surface area contributed by atoms with E-state index in [0.29, 0.717) is 17.1 Å². The van der Waals surface area contributed by atoms with Gasteiger partial charge in [-0.25, -0.2) is 0 Å². The molecule has 9 heteroatoms. The fraction of sp³-hybridized carbons (Fsp3) is 0.286. The Kier molecular flexibility index (Phi) is 8.19. The number of rotatable bonds is 5. The zero-order chi connectivity index (χ0) is 22.3. The second-order valence-electron chi connectivity index (χ2n) is 7.34. The number of hydrogen-bond acceptors (Lipinski definition) is 5. The number of hydrogen-bond donors (Lipinski definition) is 3. The van der Waals surface area contributed by atoms with Gasteiger partial charge in [0.15, 0.2) is 11.7 Å². The number of ether oxygens (including phenoxy) is 2. The molecular weight excluding hydrogens is 470 g/mol. The maximum Gasteiger partial charge on any atom is 0.276 e. The van der Waals surface area contributed by atoms with Gasteiger partial charge < -0.3 is 9.47 Å². The van der Waals surface area contributed by atoms with Crippen molar-refractivity contribution in [3.8, 4) is 11.5 Å². The number of nitrogens with one attached hydrogen (secondary N) is 3. The van der Waals surface area contributed by atoms with E-state index in [1.807, 2.05) is 18.2 Å². The zero-order valence-corrected chi connectivity index (χ0v) is 19.6. The Bertz CT molecular complexity index is 944. The Morgan fingerprint density at radius 2 is 1.77 bits per heavy atom. The monoisotopic (exact) mass is 493 g/mol. The van der Waals surface area contributed by atoms with Gasteiger partial charge >= 0.3 is 0 Å². The molecule has 0 bridgehead atoms. The second-order valence-corrected chi connectivity index (χ2v) is 8.60. The van der Waals surface area contributed by atoms with Crippen LogP contribution in [0.5, 0.6) is 11.5 Å². The van der Waals surface area contributed by atoms with E-state index >= 15 is 0 Å². The summed E-state index contributed by atoms with van der Waals surface area (Å²) in [6.45, 7) is 6.11. The van der Waals surface area contributed by atoms with Crippen LogP contribution in [0.3, 0.4) is 0 Å². The van der Waals surface area contributed by atoms with Crippen LogP contribution in [0.2, 0.25) is 0 Å². The molecule has 2 rings (SSSR count). The van der Waals surface area contributed by atoms with E-state index in [1.165, 1.54) is 7.11 Å². The standard InChI is InChI=1S/C21H24BrN3O4S/c1-21(2,3)13-9-10-17(15(22)11-13)29-12-18(26)24-25-20(30)23-19(27)14-7-5-6-8-16(14)28-4/h5-11H,12H2,1-4H3,(H,24,26)(H2,23,25,27,30). The molecule has 160 valence electrons. The van der Waals surface area contributed by atoms with Crippen LogP contribution in [0.15, 0.2) is 46.9 Å². The third-order valence-electron chi connectivity index (χ3n) is 4.05. The molecule has 7 nitrogen and oxygen atoms in total. The summed E-state index contributed by atoms with van der Waals surface area (Å²) in [4.78, 5) is 24.3. The van der Waals surface area contributed by atoms with Gasteiger partial charge in [0.2, 0.25) is 0 Å². The molecule has 0 heterocycles. The summed E-state index contributed by atoms with van der Waals surface area (Å²) in [5.41, 5.74) is 6.32. The smallest absolute Gasteiger partial charge is 0.276 e. The number of carbonyl (C=O) groups is 2. The van der Waals surface area contributed by atoms with Crippen LogP contribution in [0, 0.1) is 0 Å². The average Bonchev–Trinajstić information content (AvgIpc) is 2.70. The molecule has 0 saturated heterocycles. The lowest BCUT2D eigenvalue weighted by atomic mass is 9.87. The van der Waals surface area contributed by atoms with Gasteiger partial charge in [-0.05, 0) is 63.4 Å². The maximum absolute atomic E-state index is 12.3. The summed E-state index contributed by atoms with van der Waals surface area (Å²) in [6.07, 6.45) is 0. The number of para-hydroxylation sites is 1. The van der Waals surface area contributed by atoms with Crippen LogP contribution in [-0.2, 0) is 10.2 Å². The van der Waals surface area contributed by atoms with E-state index in [9.17, 15) is 9.59 Å². The van der Waals surface area contributed by atoms with Crippen LogP contribution in [0.25, 0.3) is 0 Å². The highest BCUT2D eigenvalue weighted by Crippen LogP contribution is 2.31. The van der Waals surface area contributed by atoms with Gasteiger partial charge in [0.25, 0.3) is 11.8 Å². The van der Waals surface area contributed by atoms with Crippen molar-refractivity contribution in [2.75, 3.05) is 13.7 Å². The normalized spacial score (nSPS) is 10.7. The molecule has 0 aliphatic rings. The summed E-state index contributed by atoms with van der Waals surface area (Å²) in [5, 5.41) is 2.41. The first kappa shape index (κ1) is 23.6. The first-order chi connectivity index (χ1) is 14.1. The number of methoxy groups -OCH3 is 1. The maximum atomic E-state index is 12.3. The van der Waals surface area contributed by atoms with Gasteiger partial charge in [-0.1, -0.05) is 39.0 Å². The van der Waals surface area contributed by atoms with Crippen molar-refractivity contribution in [3.05, 3.63) is 58.1 Å². The van der Waals surface area contributed by atoms with Gasteiger partial charge in [0.05, 0.1) is 17.1 Å². The predicted octanol–water partition coefficient (Wildman–Crippen LogP) is 3.47. The molecular formula is C21H24BrN3O4S. The molecule has 0 radical (unpaired) electrons. The summed E-state index contributed by atoms with van der Waals surface area (Å²) in [6, 6.07) is 12.5. The Balaban J connectivity index is 1.82. The highest BCUT2D eigenvalue weighted by molar-refractivity contribution is 9.10. The highest BCUT2D eigenvalue weighted by Gasteiger charge is 2.16. The number of carbonyl (C=O) groups excluding carboxylic acids is 2. The molecule has 2 aromatic carbocycles. The second kappa shape index (κ2) is 10.4. The van der Waals surface area contributed by atoms with E-state index in [1.54, 1.807) is 24.3 Å². The summed E-state index contributed by atoms with van der Waals surface area (Å²) in [7, 11) is 1.47. The van der Waals surface area contributed by atoms with Crippen molar-refractivity contribution in [3.63, 3.8) is 0 Å². The average molecular weight is 494 g/mol. The largest absolute Gasteiger partial charge is 0.496 e. The Labute approximate surface area is 189 Å². The molecule has 0 aliphatic carbocycles.